The first-order valence-electron chi connectivity index (χ1n) is 12.9. The van der Waals surface area contributed by atoms with Crippen LogP contribution in [-0.2, 0) is 27.2 Å². The Balaban J connectivity index is 2.07. The Morgan fingerprint density at radius 2 is 1.67 bits per heavy atom. The predicted octanol–water partition coefficient (Wildman–Crippen LogP) is 4.07. The highest BCUT2D eigenvalue weighted by molar-refractivity contribution is 6.84. The molecule has 0 bridgehead atoms. The molecule has 3 rings (SSSR count). The molecule has 0 aromatic carbocycles. The molecule has 2 fully saturated rings. The maximum absolute atomic E-state index is 12.9. The van der Waals surface area contributed by atoms with Gasteiger partial charge in [0.05, 0.1) is 6.61 Å². The maximum atomic E-state index is 12.9. The molecule has 0 aliphatic carbocycles. The lowest BCUT2D eigenvalue weighted by Crippen LogP contribution is -2.65. The molecule has 12 heteroatoms. The Bertz CT molecular complexity index is 969. The summed E-state index contributed by atoms with van der Waals surface area (Å²) >= 11 is 0. The number of carbonyl (C=O) groups is 1. The van der Waals surface area contributed by atoms with Crippen molar-refractivity contribution in [1.29, 1.82) is 0 Å². The zero-order valence-electron chi connectivity index (χ0n) is 23.2. The molecule has 36 heavy (non-hydrogen) atoms. The number of nitrogens with zero attached hydrogens (tertiary/aromatic N) is 2. The highest BCUT2D eigenvalue weighted by Gasteiger charge is 2.62. The number of aromatic nitrogens is 2. The van der Waals surface area contributed by atoms with E-state index in [0.717, 1.165) is 0 Å². The number of ether oxygens (including phenoxy) is 2. The van der Waals surface area contributed by atoms with Crippen molar-refractivity contribution in [3.8, 4) is 0 Å². The summed E-state index contributed by atoms with van der Waals surface area (Å²) in [7, 11) is -3.99. The van der Waals surface area contributed by atoms with Crippen LogP contribution < -0.4 is 11.0 Å². The second kappa shape index (κ2) is 11.1. The average molecular weight is 542 g/mol. The molecule has 3 heterocycles. The van der Waals surface area contributed by atoms with E-state index in [0.29, 0.717) is 0 Å². The van der Waals surface area contributed by atoms with Gasteiger partial charge in [-0.05, 0) is 28.2 Å². The second-order valence-corrected chi connectivity index (χ2v) is 19.9. The summed E-state index contributed by atoms with van der Waals surface area (Å²) in [5.74, 6) is -0.118. The second-order valence-electron chi connectivity index (χ2n) is 11.0. The van der Waals surface area contributed by atoms with Crippen LogP contribution in [0.3, 0.4) is 0 Å². The van der Waals surface area contributed by atoms with E-state index < -0.39 is 47.4 Å². The number of nitrogens with one attached hydrogen (secondary N) is 1. The van der Waals surface area contributed by atoms with Gasteiger partial charge < -0.3 is 27.8 Å². The van der Waals surface area contributed by atoms with E-state index >= 15 is 0 Å². The molecule has 204 valence electrons. The van der Waals surface area contributed by atoms with Gasteiger partial charge in [0.15, 0.2) is 6.23 Å². The molecule has 4 atom stereocenters. The van der Waals surface area contributed by atoms with Gasteiger partial charge in [-0.1, -0.05) is 55.4 Å². The zero-order chi connectivity index (χ0) is 27.0. The lowest BCUT2D eigenvalue weighted by molar-refractivity contribution is -0.114. The molecule has 0 radical (unpaired) electrons. The van der Waals surface area contributed by atoms with Crippen LogP contribution in [0.15, 0.2) is 17.1 Å². The van der Waals surface area contributed by atoms with Gasteiger partial charge in [0, 0.05) is 20.2 Å². The predicted molar refractivity (Wildman–Crippen MR) is 141 cm³/mol. The molecular weight excluding hydrogens is 498 g/mol. The minimum Gasteiger partial charge on any atom is -0.414 e. The van der Waals surface area contributed by atoms with Crippen LogP contribution in [0, 0.1) is 0 Å². The third-order valence-corrected chi connectivity index (χ3v) is 17.5. The van der Waals surface area contributed by atoms with Crippen LogP contribution in [0.2, 0.25) is 22.2 Å². The van der Waals surface area contributed by atoms with Gasteiger partial charge in [-0.25, -0.2) is 4.79 Å². The van der Waals surface area contributed by atoms with Crippen molar-refractivity contribution in [2.75, 3.05) is 19.0 Å². The van der Waals surface area contributed by atoms with Crippen LogP contribution in [-0.4, -0.2) is 64.6 Å². The minimum atomic E-state index is -2.87. The molecule has 10 nitrogen and oxygen atoms in total. The molecule has 0 unspecified atom stereocenters. The first-order chi connectivity index (χ1) is 16.8. The summed E-state index contributed by atoms with van der Waals surface area (Å²) in [4.78, 5) is 28.3. The van der Waals surface area contributed by atoms with Crippen molar-refractivity contribution >= 4 is 28.8 Å². The van der Waals surface area contributed by atoms with E-state index in [1.54, 1.807) is 19.4 Å². The fourth-order valence-electron chi connectivity index (χ4n) is 5.45. The molecule has 1 N–H and O–H groups in total. The Morgan fingerprint density at radius 3 is 2.14 bits per heavy atom. The normalized spacial score (nSPS) is 27.8. The molecule has 1 aromatic rings. The quantitative estimate of drug-likeness (QED) is 0.515. The summed E-state index contributed by atoms with van der Waals surface area (Å²) < 4.78 is 34.8. The number of hydrogen-bond acceptors (Lipinski definition) is 8. The number of carbonyl (C=O) groups excluding carboxylic acids is 1. The molecule has 2 aliphatic heterocycles. The third-order valence-electron chi connectivity index (χ3n) is 7.30. The Morgan fingerprint density at radius 1 is 1.08 bits per heavy atom. The van der Waals surface area contributed by atoms with E-state index in [1.807, 2.05) is 0 Å². The lowest BCUT2D eigenvalue weighted by Gasteiger charge is -2.51. The van der Waals surface area contributed by atoms with Crippen LogP contribution >= 0.6 is 0 Å². The topological polar surface area (TPSA) is 110 Å². The number of rotatable bonds is 7. The van der Waals surface area contributed by atoms with Gasteiger partial charge in [-0.3, -0.25) is 9.36 Å². The zero-order valence-corrected chi connectivity index (χ0v) is 25.2. The Labute approximate surface area is 216 Å². The highest BCUT2D eigenvalue weighted by Crippen LogP contribution is 2.48. The first-order valence-corrected chi connectivity index (χ1v) is 16.8. The van der Waals surface area contributed by atoms with E-state index in [1.165, 1.54) is 11.5 Å². The molecule has 1 amide bonds. The number of fused-ring (bicyclic) bond motifs is 1. The number of methoxy groups -OCH3 is 1. The molecule has 2 saturated heterocycles. The number of amides is 1. The highest BCUT2D eigenvalue weighted by atomic mass is 28.5. The third kappa shape index (κ3) is 5.26. The standard InChI is InChI=1S/C24H43N3O7Si2/c1-14(2)35(15(3)4)31-13-19-21(33-36(34-35,16(5)6)17(7)8)22(30-10)23(32-19)27-12-11-20(25-18(9)28)26-24(27)29/h11-12,14-17,19,21-23H,13H2,1-10H3,(H,25,26,28,29)/t19-,21-,22-,23-/m1/s1. The van der Waals surface area contributed by atoms with E-state index in [-0.39, 0.29) is 40.5 Å². The summed E-state index contributed by atoms with van der Waals surface area (Å²) in [6.07, 6.45) is -0.711. The first kappa shape index (κ1) is 29.1. The SMILES string of the molecule is CO[C@@H]1[C@@H]2O[Si](C(C)C)(C(C)C)O[Si](C(C)C)(C(C)C)OC[C@H]2O[C@H]1n1ccc(NC(C)=O)nc1=O. The Hall–Kier alpha value is -1.42. The Kier molecular flexibility index (Phi) is 9.02. The number of hydrogen-bond donors (Lipinski definition) is 1. The van der Waals surface area contributed by atoms with Crippen LogP contribution in [0.4, 0.5) is 5.82 Å². The summed E-state index contributed by atoms with van der Waals surface area (Å²) in [5.41, 5.74) is 0.185. The molecule has 0 spiro atoms. The van der Waals surface area contributed by atoms with E-state index in [2.05, 4.69) is 65.7 Å². The molecular formula is C24H43N3O7Si2. The maximum Gasteiger partial charge on any atom is 0.351 e. The van der Waals surface area contributed by atoms with Crippen molar-refractivity contribution < 1.29 is 27.2 Å². The summed E-state index contributed by atoms with van der Waals surface area (Å²) in [6.45, 7) is 19.0. The van der Waals surface area contributed by atoms with E-state index in [9.17, 15) is 9.59 Å². The van der Waals surface area contributed by atoms with Crippen molar-refractivity contribution in [2.45, 2.75) is 109 Å². The van der Waals surface area contributed by atoms with Gasteiger partial charge in [0.1, 0.15) is 24.1 Å². The fourth-order valence-corrected chi connectivity index (χ4v) is 16.7. The minimum absolute atomic E-state index is 0.155. The summed E-state index contributed by atoms with van der Waals surface area (Å²) in [6, 6.07) is 1.57. The number of anilines is 1. The lowest BCUT2D eigenvalue weighted by atomic mass is 10.1. The van der Waals surface area contributed by atoms with Crippen LogP contribution in [0.25, 0.3) is 0 Å². The molecule has 0 saturated carbocycles. The van der Waals surface area contributed by atoms with Crippen molar-refractivity contribution in [3.63, 3.8) is 0 Å². The van der Waals surface area contributed by atoms with Crippen LogP contribution in [0.5, 0.6) is 0 Å². The van der Waals surface area contributed by atoms with Crippen molar-refractivity contribution in [3.05, 3.63) is 22.7 Å². The van der Waals surface area contributed by atoms with Gasteiger partial charge >= 0.3 is 22.8 Å². The van der Waals surface area contributed by atoms with Crippen LogP contribution in [0.1, 0.15) is 68.5 Å². The fraction of sp³-hybridized carbons (Fsp3) is 0.792. The monoisotopic (exact) mass is 541 g/mol. The van der Waals surface area contributed by atoms with Gasteiger partial charge in [0.2, 0.25) is 5.91 Å². The molecule has 2 aliphatic rings. The smallest absolute Gasteiger partial charge is 0.351 e. The summed E-state index contributed by atoms with van der Waals surface area (Å²) in [5, 5.41) is 2.53. The van der Waals surface area contributed by atoms with Gasteiger partial charge in [-0.2, -0.15) is 4.98 Å². The largest absolute Gasteiger partial charge is 0.414 e. The molecule has 1 aromatic heterocycles. The van der Waals surface area contributed by atoms with Gasteiger partial charge in [-0.15, -0.1) is 0 Å². The average Bonchev–Trinajstić information content (AvgIpc) is 3.08. The van der Waals surface area contributed by atoms with E-state index in [4.69, 9.17) is 22.4 Å². The van der Waals surface area contributed by atoms with Crippen molar-refractivity contribution in [1.82, 2.24) is 9.55 Å². The van der Waals surface area contributed by atoms with Gasteiger partial charge in [0.25, 0.3) is 0 Å². The van der Waals surface area contributed by atoms with Crippen molar-refractivity contribution in [2.24, 2.45) is 0 Å².